The molecule has 0 saturated carbocycles. The minimum atomic E-state index is -1.52. The van der Waals surface area contributed by atoms with Crippen LogP contribution in [-0.2, 0) is 80.7 Å². The van der Waals surface area contributed by atoms with Crippen LogP contribution in [-0.4, -0.2) is 247 Å². The highest BCUT2D eigenvalue weighted by Gasteiger charge is 2.48. The van der Waals surface area contributed by atoms with Crippen molar-refractivity contribution >= 4 is 54.5 Å². The van der Waals surface area contributed by atoms with Gasteiger partial charge in [0.15, 0.2) is 18.1 Å². The quantitative estimate of drug-likeness (QED) is 0.0979. The first-order chi connectivity index (χ1) is 42.4. The maximum Gasteiger partial charge on any atom is 0.420 e. The van der Waals surface area contributed by atoms with Crippen LogP contribution in [0.3, 0.4) is 0 Å². The number of rotatable bonds is 9. The molecular weight excluding hydrogens is 1240 g/mol. The van der Waals surface area contributed by atoms with E-state index in [-0.39, 0.29) is 19.8 Å². The normalized spacial score (nSPS) is 25.6. The fraction of sp³-hybridized carbons (Fsp3) is 0.797. The summed E-state index contributed by atoms with van der Waals surface area (Å²) in [4.78, 5) is 117. The Morgan fingerprint density at radius 2 is 0.628 bits per heavy atom. The third kappa shape index (κ3) is 30.7. The lowest BCUT2D eigenvalue weighted by atomic mass is 10.1. The molecule has 94 heavy (non-hydrogen) atoms. The molecular formula is C64H109N3O27. The van der Waals surface area contributed by atoms with Crippen LogP contribution in [0.2, 0.25) is 0 Å². The van der Waals surface area contributed by atoms with Crippen LogP contribution in [0, 0.1) is 0 Å². The van der Waals surface area contributed by atoms with Gasteiger partial charge in [0.05, 0.1) is 50.8 Å². The summed E-state index contributed by atoms with van der Waals surface area (Å²) < 4.78 is 75.9. The lowest BCUT2D eigenvalue weighted by molar-refractivity contribution is -0.177. The Balaban J connectivity index is 0.000000708. The third-order valence-corrected chi connectivity index (χ3v) is 12.3. The van der Waals surface area contributed by atoms with E-state index >= 15 is 0 Å². The summed E-state index contributed by atoms with van der Waals surface area (Å²) in [5.74, 6) is -2.89. The molecule has 30 heteroatoms. The van der Waals surface area contributed by atoms with Crippen molar-refractivity contribution in [3.8, 4) is 0 Å². The number of nitrogens with zero attached hydrogens (tertiary/aromatic N) is 3. The Hall–Kier alpha value is -6.25. The van der Waals surface area contributed by atoms with Gasteiger partial charge in [0.25, 0.3) is 0 Å². The SMILES string of the molecule is C=CC(C)(C)O[C@H]1COC[C@H](N(C(=O)OC(C)(C)C)C(=O)OC(C)(C)C)C(=O)O[C@@H](C)[C@@H]1O.C=CC(C)(C)O[C@H]1[C@H](C)OC(=O)[C@@H](N(C(=O)OC(C)(C)C)C(=O)OC(C)(C)C)COC[C@@H]1O.C[C@@H]1OC(=O)[C@@H](N(C(=O)OC(C)(C)C)C(=O)OC(C)(C)C)COC[C@H](O)[C@H]1O. The van der Waals surface area contributed by atoms with E-state index in [0.717, 1.165) is 0 Å². The molecule has 3 saturated heterocycles. The van der Waals surface area contributed by atoms with Gasteiger partial charge < -0.3 is 86.7 Å². The standard InChI is InChI=1S/2C23H39NO9.C18H31NO9/c1-11-23(9,10)31-16-13-29-12-15(18(26)30-14(2)17(16)25)24(19(27)32-21(3,4)5)20(28)33-22(6,7)8;1-11-23(9,10)31-17-14(2)30-18(26)15(12-29-13-16(17)25)24(19(27)32-21(3,4)5)20(28)33-22(6,7)8;1-10-13(21)12(20)9-25-8-11(14(22)26-10)19(15(23)27-17(2,3)4)16(24)28-18(5,6)7/h2*11,14-17,25H,1,12-13H2,2-10H3;10-13,20-21H,8-9H2,1-7H3/t2*14-,15-,16-,17-;10-,11-,12-,13-/m000/s1. The summed E-state index contributed by atoms with van der Waals surface area (Å²) in [5, 5.41) is 41.1. The van der Waals surface area contributed by atoms with E-state index in [0.29, 0.717) is 14.7 Å². The van der Waals surface area contributed by atoms with Crippen LogP contribution in [0.4, 0.5) is 28.8 Å². The summed E-state index contributed by atoms with van der Waals surface area (Å²) in [6.45, 7) is 45.9. The second-order valence-electron chi connectivity index (χ2n) is 29.5. The van der Waals surface area contributed by atoms with Gasteiger partial charge in [-0.3, -0.25) is 0 Å². The first-order valence-corrected chi connectivity index (χ1v) is 30.8. The number of hydrogen-bond acceptors (Lipinski definition) is 27. The van der Waals surface area contributed by atoms with Crippen molar-refractivity contribution in [2.75, 3.05) is 39.6 Å². The molecule has 3 rings (SSSR count). The van der Waals surface area contributed by atoms with Crippen molar-refractivity contribution in [3.05, 3.63) is 25.3 Å². The molecule has 3 aliphatic heterocycles. The number of esters is 3. The summed E-state index contributed by atoms with van der Waals surface area (Å²) in [7, 11) is 0. The molecule has 542 valence electrons. The number of carbonyl (C=O) groups is 9. The van der Waals surface area contributed by atoms with Gasteiger partial charge in [0.2, 0.25) is 0 Å². The molecule has 0 aromatic heterocycles. The van der Waals surface area contributed by atoms with E-state index in [4.69, 9.17) is 66.3 Å². The molecule has 0 unspecified atom stereocenters. The molecule has 6 amide bonds. The number of carbonyl (C=O) groups excluding carboxylic acids is 9. The molecule has 3 aliphatic rings. The first kappa shape index (κ1) is 85.8. The van der Waals surface area contributed by atoms with Crippen LogP contribution in [0.15, 0.2) is 25.3 Å². The van der Waals surface area contributed by atoms with Gasteiger partial charge in [-0.2, -0.15) is 14.7 Å². The van der Waals surface area contributed by atoms with Crippen LogP contribution >= 0.6 is 0 Å². The van der Waals surface area contributed by atoms with Gasteiger partial charge in [-0.1, -0.05) is 12.2 Å². The van der Waals surface area contributed by atoms with Crippen molar-refractivity contribution in [2.45, 2.75) is 291 Å². The van der Waals surface area contributed by atoms with E-state index in [2.05, 4.69) is 13.2 Å². The van der Waals surface area contributed by atoms with Gasteiger partial charge in [-0.15, -0.1) is 13.2 Å². The van der Waals surface area contributed by atoms with Gasteiger partial charge in [-0.25, -0.2) is 43.2 Å². The Bertz CT molecular complexity index is 2420. The molecule has 0 aliphatic carbocycles. The van der Waals surface area contributed by atoms with Crippen molar-refractivity contribution < 1.29 is 130 Å². The molecule has 0 aromatic rings. The lowest BCUT2D eigenvalue weighted by Crippen LogP contribution is -2.54. The minimum absolute atomic E-state index is 0.133. The Morgan fingerprint density at radius 3 is 0.904 bits per heavy atom. The fourth-order valence-electron chi connectivity index (χ4n) is 7.82. The smallest absolute Gasteiger partial charge is 0.420 e. The van der Waals surface area contributed by atoms with E-state index in [1.165, 1.54) is 13.8 Å². The zero-order valence-electron chi connectivity index (χ0n) is 59.8. The molecule has 0 spiro atoms. The topological polar surface area (TPSA) is 373 Å². The number of imide groups is 3. The highest BCUT2D eigenvalue weighted by atomic mass is 16.6. The number of aliphatic hydroxyl groups excluding tert-OH is 4. The van der Waals surface area contributed by atoms with E-state index < -0.39 is 192 Å². The molecule has 3 fully saturated rings. The van der Waals surface area contributed by atoms with Crippen LogP contribution in [0.1, 0.15) is 173 Å². The number of amides is 6. The molecule has 0 radical (unpaired) electrons. The maximum atomic E-state index is 13.1. The fourth-order valence-corrected chi connectivity index (χ4v) is 7.82. The zero-order chi connectivity index (χ0) is 73.4. The Kier molecular flexibility index (Phi) is 31.6. The number of cyclic esters (lactones) is 3. The van der Waals surface area contributed by atoms with E-state index in [9.17, 15) is 63.6 Å². The summed E-state index contributed by atoms with van der Waals surface area (Å²) in [5.41, 5.74) is -7.28. The van der Waals surface area contributed by atoms with Crippen molar-refractivity contribution in [1.29, 1.82) is 0 Å². The first-order valence-electron chi connectivity index (χ1n) is 30.8. The van der Waals surface area contributed by atoms with E-state index in [1.807, 2.05) is 0 Å². The van der Waals surface area contributed by atoms with Crippen molar-refractivity contribution in [2.24, 2.45) is 0 Å². The predicted octanol–water partition coefficient (Wildman–Crippen LogP) is 7.61. The molecule has 3 heterocycles. The van der Waals surface area contributed by atoms with Crippen LogP contribution < -0.4 is 0 Å². The van der Waals surface area contributed by atoms with Crippen molar-refractivity contribution in [1.82, 2.24) is 14.7 Å². The Morgan fingerprint density at radius 1 is 0.383 bits per heavy atom. The highest BCUT2D eigenvalue weighted by molar-refractivity contribution is 5.96. The summed E-state index contributed by atoms with van der Waals surface area (Å²) >= 11 is 0. The molecule has 0 bridgehead atoms. The van der Waals surface area contributed by atoms with Gasteiger partial charge >= 0.3 is 54.5 Å². The summed E-state index contributed by atoms with van der Waals surface area (Å²) in [6.07, 6.45) is -13.4. The van der Waals surface area contributed by atoms with Crippen LogP contribution in [0.25, 0.3) is 0 Å². The monoisotopic (exact) mass is 1350 g/mol. The molecule has 0 aromatic carbocycles. The second kappa shape index (κ2) is 34.6. The average molecular weight is 1350 g/mol. The number of hydrogen-bond donors (Lipinski definition) is 4. The number of ether oxygens (including phenoxy) is 14. The zero-order valence-corrected chi connectivity index (χ0v) is 59.8. The minimum Gasteiger partial charge on any atom is -0.458 e. The predicted molar refractivity (Wildman–Crippen MR) is 336 cm³/mol. The van der Waals surface area contributed by atoms with Crippen molar-refractivity contribution in [3.63, 3.8) is 0 Å². The van der Waals surface area contributed by atoms with Crippen LogP contribution in [0.5, 0.6) is 0 Å². The number of aliphatic hydroxyl groups is 4. The van der Waals surface area contributed by atoms with E-state index in [1.54, 1.807) is 171 Å². The molecule has 30 nitrogen and oxygen atoms in total. The average Bonchev–Trinajstić information content (AvgIpc) is 1.39. The second-order valence-corrected chi connectivity index (χ2v) is 29.5. The summed E-state index contributed by atoms with van der Waals surface area (Å²) in [6, 6.07) is -4.53. The van der Waals surface area contributed by atoms with Gasteiger partial charge in [0.1, 0.15) is 88.5 Å². The third-order valence-electron chi connectivity index (χ3n) is 12.3. The molecule has 4 N–H and O–H groups in total. The largest absolute Gasteiger partial charge is 0.458 e. The van der Waals surface area contributed by atoms with Gasteiger partial charge in [0, 0.05) is 0 Å². The van der Waals surface area contributed by atoms with Gasteiger partial charge in [-0.05, 0) is 173 Å². The lowest BCUT2D eigenvalue weighted by Gasteiger charge is -2.34. The molecule has 12 atom stereocenters. The Labute approximate surface area is 553 Å². The highest BCUT2D eigenvalue weighted by Crippen LogP contribution is 2.28. The maximum absolute atomic E-state index is 13.1.